The predicted molar refractivity (Wildman–Crippen MR) is 85.6 cm³/mol. The zero-order valence-electron chi connectivity index (χ0n) is 12.2. The SMILES string of the molecule is COCC(C)NC(=O)c1cc2c(=O)n3ccccc3nc2s1. The lowest BCUT2D eigenvalue weighted by Gasteiger charge is -2.11. The van der Waals surface area contributed by atoms with Crippen LogP contribution in [0.1, 0.15) is 16.6 Å². The number of ether oxygens (including phenoxy) is 1. The van der Waals surface area contributed by atoms with E-state index < -0.39 is 0 Å². The average molecular weight is 317 g/mol. The number of carbonyl (C=O) groups is 1. The molecule has 3 aromatic heterocycles. The second kappa shape index (κ2) is 5.86. The Morgan fingerprint density at radius 1 is 1.50 bits per heavy atom. The minimum atomic E-state index is -0.221. The van der Waals surface area contributed by atoms with Crippen molar-refractivity contribution in [2.24, 2.45) is 0 Å². The van der Waals surface area contributed by atoms with E-state index in [0.717, 1.165) is 0 Å². The summed E-state index contributed by atoms with van der Waals surface area (Å²) in [6.45, 7) is 2.29. The fourth-order valence-corrected chi connectivity index (χ4v) is 3.18. The average Bonchev–Trinajstić information content (AvgIpc) is 2.92. The van der Waals surface area contributed by atoms with E-state index in [4.69, 9.17) is 4.74 Å². The molecule has 114 valence electrons. The second-order valence-corrected chi connectivity index (χ2v) is 6.04. The summed E-state index contributed by atoms with van der Waals surface area (Å²) in [7, 11) is 1.58. The van der Waals surface area contributed by atoms with E-state index in [1.165, 1.54) is 15.7 Å². The predicted octanol–water partition coefficient (Wildman–Crippen LogP) is 1.67. The van der Waals surface area contributed by atoms with Crippen molar-refractivity contribution in [2.45, 2.75) is 13.0 Å². The number of nitrogens with zero attached hydrogens (tertiary/aromatic N) is 2. The number of thiophene rings is 1. The first-order valence-electron chi connectivity index (χ1n) is 6.81. The third kappa shape index (κ3) is 2.60. The van der Waals surface area contributed by atoms with Crippen molar-refractivity contribution in [3.05, 3.63) is 45.7 Å². The Kier molecular flexibility index (Phi) is 3.91. The molecule has 0 aliphatic rings. The Morgan fingerprint density at radius 3 is 3.09 bits per heavy atom. The van der Waals surface area contributed by atoms with Gasteiger partial charge in [-0.2, -0.15) is 0 Å². The van der Waals surface area contributed by atoms with Crippen molar-refractivity contribution in [1.82, 2.24) is 14.7 Å². The molecule has 0 saturated heterocycles. The Labute approximate surface area is 130 Å². The van der Waals surface area contributed by atoms with Gasteiger partial charge in [0.25, 0.3) is 11.5 Å². The number of carbonyl (C=O) groups excluding carboxylic acids is 1. The summed E-state index contributed by atoms with van der Waals surface area (Å²) in [6.07, 6.45) is 1.67. The summed E-state index contributed by atoms with van der Waals surface area (Å²) in [4.78, 5) is 30.1. The highest BCUT2D eigenvalue weighted by Crippen LogP contribution is 2.22. The molecule has 3 aromatic rings. The maximum absolute atomic E-state index is 12.4. The Morgan fingerprint density at radius 2 is 2.32 bits per heavy atom. The number of hydrogen-bond acceptors (Lipinski definition) is 5. The molecule has 22 heavy (non-hydrogen) atoms. The lowest BCUT2D eigenvalue weighted by molar-refractivity contribution is 0.0909. The summed E-state index contributed by atoms with van der Waals surface area (Å²) in [6, 6.07) is 6.86. The van der Waals surface area contributed by atoms with E-state index in [1.54, 1.807) is 31.5 Å². The smallest absolute Gasteiger partial charge is 0.266 e. The third-order valence-electron chi connectivity index (χ3n) is 3.23. The van der Waals surface area contributed by atoms with Crippen molar-refractivity contribution in [2.75, 3.05) is 13.7 Å². The normalized spacial score (nSPS) is 12.6. The van der Waals surface area contributed by atoms with Crippen LogP contribution in [0, 0.1) is 0 Å². The van der Waals surface area contributed by atoms with Gasteiger partial charge in [0.1, 0.15) is 10.5 Å². The van der Waals surface area contributed by atoms with Gasteiger partial charge in [0, 0.05) is 19.3 Å². The van der Waals surface area contributed by atoms with Crippen LogP contribution in [-0.4, -0.2) is 35.1 Å². The molecule has 7 heteroatoms. The Bertz CT molecular complexity index is 900. The van der Waals surface area contributed by atoms with Gasteiger partial charge in [-0.25, -0.2) is 4.98 Å². The number of methoxy groups -OCH3 is 1. The molecule has 1 unspecified atom stereocenters. The zero-order chi connectivity index (χ0) is 15.7. The second-order valence-electron chi connectivity index (χ2n) is 5.01. The topological polar surface area (TPSA) is 72.7 Å². The van der Waals surface area contributed by atoms with Crippen LogP contribution in [0.15, 0.2) is 35.3 Å². The molecule has 1 N–H and O–H groups in total. The molecule has 0 aliphatic heterocycles. The summed E-state index contributed by atoms with van der Waals surface area (Å²) in [5, 5.41) is 3.29. The van der Waals surface area contributed by atoms with Crippen LogP contribution >= 0.6 is 11.3 Å². The van der Waals surface area contributed by atoms with Crippen LogP contribution in [0.3, 0.4) is 0 Å². The third-order valence-corrected chi connectivity index (χ3v) is 4.26. The monoisotopic (exact) mass is 317 g/mol. The minimum Gasteiger partial charge on any atom is -0.383 e. The Hall–Kier alpha value is -2.25. The number of rotatable bonds is 4. The van der Waals surface area contributed by atoms with Crippen LogP contribution in [0.4, 0.5) is 0 Å². The molecule has 0 fully saturated rings. The number of fused-ring (bicyclic) bond motifs is 2. The van der Waals surface area contributed by atoms with E-state index >= 15 is 0 Å². The molecular formula is C15H15N3O3S. The Balaban J connectivity index is 2.03. The van der Waals surface area contributed by atoms with Crippen molar-refractivity contribution >= 4 is 33.1 Å². The highest BCUT2D eigenvalue weighted by atomic mass is 32.1. The summed E-state index contributed by atoms with van der Waals surface area (Å²) >= 11 is 1.22. The largest absolute Gasteiger partial charge is 0.383 e. The van der Waals surface area contributed by atoms with E-state index in [-0.39, 0.29) is 17.5 Å². The first kappa shape index (κ1) is 14.7. The van der Waals surface area contributed by atoms with Gasteiger partial charge in [-0.15, -0.1) is 11.3 Å². The lowest BCUT2D eigenvalue weighted by Crippen LogP contribution is -2.35. The van der Waals surface area contributed by atoms with E-state index in [2.05, 4.69) is 10.3 Å². The van der Waals surface area contributed by atoms with Crippen molar-refractivity contribution in [3.8, 4) is 0 Å². The molecule has 0 aromatic carbocycles. The van der Waals surface area contributed by atoms with Crippen molar-refractivity contribution in [3.63, 3.8) is 0 Å². The molecule has 0 spiro atoms. The van der Waals surface area contributed by atoms with Gasteiger partial charge in [-0.1, -0.05) is 6.07 Å². The standard InChI is InChI=1S/C15H15N3O3S/c1-9(8-21-2)16-13(19)11-7-10-14(22-11)17-12-5-3-4-6-18(12)15(10)20/h3-7,9H,8H2,1-2H3,(H,16,19). The van der Waals surface area contributed by atoms with Gasteiger partial charge >= 0.3 is 0 Å². The maximum atomic E-state index is 12.4. The van der Waals surface area contributed by atoms with Gasteiger partial charge in [0.05, 0.1) is 16.9 Å². The first-order valence-corrected chi connectivity index (χ1v) is 7.62. The van der Waals surface area contributed by atoms with Crippen LogP contribution < -0.4 is 10.9 Å². The quantitative estimate of drug-likeness (QED) is 0.794. The fourth-order valence-electron chi connectivity index (χ4n) is 2.25. The molecule has 0 bridgehead atoms. The number of aromatic nitrogens is 2. The summed E-state index contributed by atoms with van der Waals surface area (Å²) < 4.78 is 6.47. The van der Waals surface area contributed by atoms with E-state index in [9.17, 15) is 9.59 Å². The molecule has 1 amide bonds. The minimum absolute atomic E-state index is 0.101. The zero-order valence-corrected chi connectivity index (χ0v) is 13.0. The van der Waals surface area contributed by atoms with Gasteiger partial charge in [-0.05, 0) is 25.1 Å². The first-order chi connectivity index (χ1) is 10.6. The molecule has 1 atom stereocenters. The fraction of sp³-hybridized carbons (Fsp3) is 0.267. The molecule has 0 saturated carbocycles. The number of pyridine rings is 1. The van der Waals surface area contributed by atoms with Gasteiger partial charge in [-0.3, -0.25) is 14.0 Å². The molecule has 3 heterocycles. The highest BCUT2D eigenvalue weighted by Gasteiger charge is 2.16. The molecule has 3 rings (SSSR count). The lowest BCUT2D eigenvalue weighted by atomic mass is 10.3. The number of nitrogens with one attached hydrogen (secondary N) is 1. The van der Waals surface area contributed by atoms with E-state index in [1.807, 2.05) is 13.0 Å². The molecule has 0 radical (unpaired) electrons. The molecule has 0 aliphatic carbocycles. The number of amides is 1. The van der Waals surface area contributed by atoms with Crippen LogP contribution in [0.5, 0.6) is 0 Å². The maximum Gasteiger partial charge on any atom is 0.266 e. The number of hydrogen-bond donors (Lipinski definition) is 1. The van der Waals surface area contributed by atoms with Gasteiger partial charge in [0.15, 0.2) is 0 Å². The summed E-state index contributed by atoms with van der Waals surface area (Å²) in [5.74, 6) is -0.221. The van der Waals surface area contributed by atoms with Gasteiger partial charge in [0.2, 0.25) is 0 Å². The van der Waals surface area contributed by atoms with Gasteiger partial charge < -0.3 is 10.1 Å². The van der Waals surface area contributed by atoms with Crippen LogP contribution in [-0.2, 0) is 4.74 Å². The van der Waals surface area contributed by atoms with Crippen LogP contribution in [0.2, 0.25) is 0 Å². The molecule has 6 nitrogen and oxygen atoms in total. The highest BCUT2D eigenvalue weighted by molar-refractivity contribution is 7.20. The summed E-state index contributed by atoms with van der Waals surface area (Å²) in [5.41, 5.74) is 0.405. The van der Waals surface area contributed by atoms with Crippen molar-refractivity contribution in [1.29, 1.82) is 0 Å². The molecular weight excluding hydrogens is 302 g/mol. The van der Waals surface area contributed by atoms with E-state index in [0.29, 0.717) is 27.3 Å². The van der Waals surface area contributed by atoms with Crippen LogP contribution in [0.25, 0.3) is 15.9 Å². The van der Waals surface area contributed by atoms with Crippen molar-refractivity contribution < 1.29 is 9.53 Å².